The van der Waals surface area contributed by atoms with Gasteiger partial charge in [0.1, 0.15) is 17.6 Å². The highest BCUT2D eigenvalue weighted by atomic mass is 19.1. The molecule has 4 nitrogen and oxygen atoms in total. The topological polar surface area (TPSA) is 42.4 Å². The number of nitrogens with zero attached hydrogens (tertiary/aromatic N) is 2. The van der Waals surface area contributed by atoms with Gasteiger partial charge in [0.05, 0.1) is 6.54 Å². The highest BCUT2D eigenvalue weighted by Crippen LogP contribution is 2.30. The van der Waals surface area contributed by atoms with Crippen molar-refractivity contribution in [2.75, 3.05) is 18.0 Å². The zero-order chi connectivity index (χ0) is 22.5. The van der Waals surface area contributed by atoms with Gasteiger partial charge in [-0.1, -0.05) is 51.7 Å². The van der Waals surface area contributed by atoms with E-state index in [2.05, 4.69) is 4.98 Å². The standard InChI is InChI=1S/C27H35FN2O2/c1-3-6-26(31)19(2)22-9-11-23(12-10-22)32-24-13-14-30(18-24)27-25(28)16-21(17-29-27)15-20-7-4-5-8-20/h9-12,16-17,19-20,24H,3-8,13-15,18H2,1-2H3/t19?,24-/m1/s1. The van der Waals surface area contributed by atoms with Gasteiger partial charge in [0.15, 0.2) is 11.6 Å². The maximum absolute atomic E-state index is 14.8. The third-order valence-corrected chi connectivity index (χ3v) is 6.98. The minimum absolute atomic E-state index is 0.000591. The summed E-state index contributed by atoms with van der Waals surface area (Å²) in [6.07, 6.45) is 10.2. The van der Waals surface area contributed by atoms with E-state index in [1.165, 1.54) is 25.7 Å². The summed E-state index contributed by atoms with van der Waals surface area (Å²) >= 11 is 0. The van der Waals surface area contributed by atoms with Crippen LogP contribution < -0.4 is 9.64 Å². The molecule has 2 fully saturated rings. The lowest BCUT2D eigenvalue weighted by atomic mass is 9.94. The van der Waals surface area contributed by atoms with Gasteiger partial charge in [-0.3, -0.25) is 4.79 Å². The molecule has 1 aromatic carbocycles. The number of anilines is 1. The first-order valence-corrected chi connectivity index (χ1v) is 12.2. The summed E-state index contributed by atoms with van der Waals surface area (Å²) in [6.45, 7) is 5.35. The molecule has 1 saturated carbocycles. The average Bonchev–Trinajstić information content (AvgIpc) is 3.46. The smallest absolute Gasteiger partial charge is 0.165 e. The van der Waals surface area contributed by atoms with Crippen LogP contribution in [0.1, 0.15) is 75.8 Å². The largest absolute Gasteiger partial charge is 0.489 e. The first-order chi connectivity index (χ1) is 15.5. The number of ketones is 1. The van der Waals surface area contributed by atoms with E-state index in [4.69, 9.17) is 4.74 Å². The number of carbonyl (C=O) groups is 1. The molecule has 0 radical (unpaired) electrons. The van der Waals surface area contributed by atoms with Crippen molar-refractivity contribution < 1.29 is 13.9 Å². The van der Waals surface area contributed by atoms with Gasteiger partial charge in [0.25, 0.3) is 0 Å². The number of hydrogen-bond acceptors (Lipinski definition) is 4. The van der Waals surface area contributed by atoms with Crippen molar-refractivity contribution in [2.45, 2.75) is 77.2 Å². The summed E-state index contributed by atoms with van der Waals surface area (Å²) in [7, 11) is 0. The molecular weight excluding hydrogens is 403 g/mol. The van der Waals surface area contributed by atoms with Crippen LogP contribution in [0.25, 0.3) is 0 Å². The number of ether oxygens (including phenoxy) is 1. The van der Waals surface area contributed by atoms with Gasteiger partial charge < -0.3 is 9.64 Å². The van der Waals surface area contributed by atoms with E-state index < -0.39 is 0 Å². The van der Waals surface area contributed by atoms with Crippen LogP contribution in [0.15, 0.2) is 36.5 Å². The molecule has 4 rings (SSSR count). The Balaban J connectivity index is 1.32. The quantitative estimate of drug-likeness (QED) is 0.476. The van der Waals surface area contributed by atoms with Crippen molar-refractivity contribution in [3.63, 3.8) is 0 Å². The predicted molar refractivity (Wildman–Crippen MR) is 126 cm³/mol. The molecule has 1 aromatic heterocycles. The number of aromatic nitrogens is 1. The molecule has 2 aromatic rings. The normalized spacial score (nSPS) is 20.0. The van der Waals surface area contributed by atoms with Crippen LogP contribution in [0.3, 0.4) is 0 Å². The maximum atomic E-state index is 14.8. The molecular formula is C27H35FN2O2. The second-order valence-corrected chi connectivity index (χ2v) is 9.49. The van der Waals surface area contributed by atoms with E-state index in [0.29, 0.717) is 24.7 Å². The number of hydrogen-bond donors (Lipinski definition) is 0. The Kier molecular flexibility index (Phi) is 7.44. The first kappa shape index (κ1) is 22.8. The molecule has 0 amide bonds. The van der Waals surface area contributed by atoms with Crippen molar-refractivity contribution in [3.05, 3.63) is 53.5 Å². The van der Waals surface area contributed by atoms with Crippen molar-refractivity contribution in [1.82, 2.24) is 4.98 Å². The second-order valence-electron chi connectivity index (χ2n) is 9.49. The molecule has 1 aliphatic carbocycles. The third kappa shape index (κ3) is 5.48. The zero-order valence-corrected chi connectivity index (χ0v) is 19.4. The van der Waals surface area contributed by atoms with Crippen LogP contribution in [0.2, 0.25) is 0 Å². The van der Waals surface area contributed by atoms with E-state index in [-0.39, 0.29) is 23.6 Å². The SMILES string of the molecule is CCCC(=O)C(C)c1ccc(O[C@@H]2CCN(c3ncc(CC4CCCC4)cc3F)C2)cc1. The fourth-order valence-electron chi connectivity index (χ4n) is 5.06. The van der Waals surface area contributed by atoms with Gasteiger partial charge >= 0.3 is 0 Å². The van der Waals surface area contributed by atoms with Crippen LogP contribution in [0, 0.1) is 11.7 Å². The van der Waals surface area contributed by atoms with Crippen molar-refractivity contribution in [1.29, 1.82) is 0 Å². The van der Waals surface area contributed by atoms with Gasteiger partial charge in [-0.2, -0.15) is 0 Å². The van der Waals surface area contributed by atoms with Crippen LogP contribution in [-0.2, 0) is 11.2 Å². The number of pyridine rings is 1. The van der Waals surface area contributed by atoms with Gasteiger partial charge in [-0.25, -0.2) is 9.37 Å². The number of carbonyl (C=O) groups excluding carboxylic acids is 1. The van der Waals surface area contributed by atoms with Gasteiger partial charge in [-0.05, 0) is 48.1 Å². The number of benzene rings is 1. The Bertz CT molecular complexity index is 908. The molecule has 32 heavy (non-hydrogen) atoms. The van der Waals surface area contributed by atoms with E-state index in [0.717, 1.165) is 42.7 Å². The molecule has 1 unspecified atom stereocenters. The van der Waals surface area contributed by atoms with E-state index in [1.807, 2.05) is 49.2 Å². The lowest BCUT2D eigenvalue weighted by molar-refractivity contribution is -0.120. The van der Waals surface area contributed by atoms with E-state index in [9.17, 15) is 9.18 Å². The molecule has 172 valence electrons. The highest BCUT2D eigenvalue weighted by molar-refractivity contribution is 5.85. The minimum atomic E-state index is -0.226. The summed E-state index contributed by atoms with van der Waals surface area (Å²) < 4.78 is 20.9. The second kappa shape index (κ2) is 10.5. The molecule has 0 bridgehead atoms. The molecule has 1 aliphatic heterocycles. The molecule has 5 heteroatoms. The molecule has 2 aliphatic rings. The van der Waals surface area contributed by atoms with Gasteiger partial charge in [0.2, 0.25) is 0 Å². The lowest BCUT2D eigenvalue weighted by Crippen LogP contribution is -2.26. The number of rotatable bonds is 9. The Morgan fingerprint density at radius 2 is 1.97 bits per heavy atom. The monoisotopic (exact) mass is 438 g/mol. The van der Waals surface area contributed by atoms with Crippen LogP contribution in [-0.4, -0.2) is 30.0 Å². The van der Waals surface area contributed by atoms with Gasteiger partial charge in [-0.15, -0.1) is 0 Å². The predicted octanol–water partition coefficient (Wildman–Crippen LogP) is 6.08. The van der Waals surface area contributed by atoms with Crippen LogP contribution in [0.5, 0.6) is 5.75 Å². The average molecular weight is 439 g/mol. The molecule has 0 spiro atoms. The van der Waals surface area contributed by atoms with Crippen molar-refractivity contribution >= 4 is 11.6 Å². The van der Waals surface area contributed by atoms with Gasteiger partial charge in [0, 0.05) is 31.5 Å². The lowest BCUT2D eigenvalue weighted by Gasteiger charge is -2.19. The number of Topliss-reactive ketones (excluding diaryl/α,β-unsaturated/α-hetero) is 1. The third-order valence-electron chi connectivity index (χ3n) is 6.98. The highest BCUT2D eigenvalue weighted by Gasteiger charge is 2.27. The summed E-state index contributed by atoms with van der Waals surface area (Å²) in [4.78, 5) is 18.6. The Labute approximate surface area is 191 Å². The Hall–Kier alpha value is -2.43. The first-order valence-electron chi connectivity index (χ1n) is 12.2. The van der Waals surface area contributed by atoms with Crippen molar-refractivity contribution in [3.8, 4) is 5.75 Å². The summed E-state index contributed by atoms with van der Waals surface area (Å²) in [6, 6.07) is 9.50. The fraction of sp³-hybridized carbons (Fsp3) is 0.556. The Morgan fingerprint density at radius 3 is 2.66 bits per heavy atom. The molecule has 0 N–H and O–H groups in total. The van der Waals surface area contributed by atoms with Crippen LogP contribution in [0.4, 0.5) is 10.2 Å². The molecule has 2 heterocycles. The minimum Gasteiger partial charge on any atom is -0.489 e. The molecule has 1 saturated heterocycles. The fourth-order valence-corrected chi connectivity index (χ4v) is 5.06. The zero-order valence-electron chi connectivity index (χ0n) is 19.4. The van der Waals surface area contributed by atoms with Crippen LogP contribution >= 0.6 is 0 Å². The summed E-state index contributed by atoms with van der Waals surface area (Å²) in [5.41, 5.74) is 2.03. The van der Waals surface area contributed by atoms with E-state index >= 15 is 0 Å². The molecule has 2 atom stereocenters. The number of halogens is 1. The van der Waals surface area contributed by atoms with E-state index in [1.54, 1.807) is 6.07 Å². The Morgan fingerprint density at radius 1 is 1.22 bits per heavy atom. The maximum Gasteiger partial charge on any atom is 0.165 e. The summed E-state index contributed by atoms with van der Waals surface area (Å²) in [5.74, 6) is 1.87. The summed E-state index contributed by atoms with van der Waals surface area (Å²) in [5, 5.41) is 0. The van der Waals surface area contributed by atoms with Crippen molar-refractivity contribution in [2.24, 2.45) is 5.92 Å².